The van der Waals surface area contributed by atoms with E-state index in [0.29, 0.717) is 12.0 Å². The molecule has 1 atom stereocenters. The Kier molecular flexibility index (Phi) is 2.40. The number of rotatable bonds is 1. The number of fused-ring (bicyclic) bond motifs is 1. The average molecular weight is 245 g/mol. The quantitative estimate of drug-likeness (QED) is 0.753. The van der Waals surface area contributed by atoms with Crippen LogP contribution < -0.4 is 5.32 Å². The van der Waals surface area contributed by atoms with Crippen molar-refractivity contribution in [2.45, 2.75) is 19.3 Å². The van der Waals surface area contributed by atoms with Crippen molar-refractivity contribution >= 4 is 11.9 Å². The molecule has 1 aromatic carbocycles. The van der Waals surface area contributed by atoms with Crippen molar-refractivity contribution < 1.29 is 14.3 Å². The average Bonchev–Trinajstić information content (AvgIpc) is 2.92. The van der Waals surface area contributed by atoms with E-state index in [-0.39, 0.29) is 17.3 Å². The van der Waals surface area contributed by atoms with E-state index in [4.69, 9.17) is 4.74 Å². The molecular formula is C14H15NO3. The standard InChI is InChI=1S/C14H15NO3/c1-18-12(16)10-4-2-3-9-7-14(8-11(9)10)5-6-15-13(14)17/h2-4H,5-8H2,1H3,(H,15,17)/t14-/m0/s1. The van der Waals surface area contributed by atoms with Gasteiger partial charge in [-0.15, -0.1) is 0 Å². The summed E-state index contributed by atoms with van der Waals surface area (Å²) in [5, 5.41) is 2.89. The minimum Gasteiger partial charge on any atom is -0.465 e. The minimum atomic E-state index is -0.327. The summed E-state index contributed by atoms with van der Waals surface area (Å²) in [7, 11) is 1.38. The zero-order chi connectivity index (χ0) is 12.8. The third-order valence-electron chi connectivity index (χ3n) is 4.09. The first kappa shape index (κ1) is 11.3. The molecular weight excluding hydrogens is 230 g/mol. The number of amides is 1. The van der Waals surface area contributed by atoms with E-state index in [0.717, 1.165) is 30.5 Å². The number of hydrogen-bond acceptors (Lipinski definition) is 3. The lowest BCUT2D eigenvalue weighted by molar-refractivity contribution is -0.127. The Hall–Kier alpha value is -1.84. The van der Waals surface area contributed by atoms with Crippen molar-refractivity contribution in [3.8, 4) is 0 Å². The van der Waals surface area contributed by atoms with Crippen molar-refractivity contribution in [2.75, 3.05) is 13.7 Å². The van der Waals surface area contributed by atoms with Crippen molar-refractivity contribution in [3.05, 3.63) is 34.9 Å². The molecule has 18 heavy (non-hydrogen) atoms. The van der Waals surface area contributed by atoms with Gasteiger partial charge in [-0.3, -0.25) is 4.79 Å². The SMILES string of the molecule is COC(=O)c1cccc2c1C[C@]1(CCNC1=O)C2. The van der Waals surface area contributed by atoms with E-state index in [1.165, 1.54) is 7.11 Å². The molecule has 1 N–H and O–H groups in total. The molecule has 4 nitrogen and oxygen atoms in total. The molecule has 0 bridgehead atoms. The van der Waals surface area contributed by atoms with Gasteiger partial charge in [-0.2, -0.15) is 0 Å². The van der Waals surface area contributed by atoms with Gasteiger partial charge in [0.1, 0.15) is 0 Å². The number of carbonyl (C=O) groups is 2. The number of ether oxygens (including phenoxy) is 1. The molecule has 4 heteroatoms. The van der Waals surface area contributed by atoms with Crippen LogP contribution in [0.15, 0.2) is 18.2 Å². The second-order valence-electron chi connectivity index (χ2n) is 5.07. The first-order valence-corrected chi connectivity index (χ1v) is 6.14. The fourth-order valence-electron chi connectivity index (χ4n) is 3.13. The first-order valence-electron chi connectivity index (χ1n) is 6.14. The smallest absolute Gasteiger partial charge is 0.338 e. The molecule has 1 spiro atoms. The van der Waals surface area contributed by atoms with Gasteiger partial charge < -0.3 is 10.1 Å². The van der Waals surface area contributed by atoms with Gasteiger partial charge in [0.25, 0.3) is 0 Å². The van der Waals surface area contributed by atoms with Crippen molar-refractivity contribution in [2.24, 2.45) is 5.41 Å². The Morgan fingerprint density at radius 2 is 2.22 bits per heavy atom. The second-order valence-corrected chi connectivity index (χ2v) is 5.07. The van der Waals surface area contributed by atoms with Gasteiger partial charge in [0.2, 0.25) is 5.91 Å². The van der Waals surface area contributed by atoms with Crippen LogP contribution in [0.5, 0.6) is 0 Å². The number of benzene rings is 1. The Morgan fingerprint density at radius 3 is 2.89 bits per heavy atom. The van der Waals surface area contributed by atoms with E-state index in [9.17, 15) is 9.59 Å². The molecule has 0 radical (unpaired) electrons. The molecule has 1 amide bonds. The molecule has 1 aromatic rings. The fourth-order valence-corrected chi connectivity index (χ4v) is 3.13. The summed E-state index contributed by atoms with van der Waals surface area (Å²) in [6.07, 6.45) is 2.24. The molecule has 0 unspecified atom stereocenters. The van der Waals surface area contributed by atoms with Crippen LogP contribution >= 0.6 is 0 Å². The predicted octanol–water partition coefficient (Wildman–Crippen LogP) is 1.08. The van der Waals surface area contributed by atoms with Gasteiger partial charge in [-0.1, -0.05) is 12.1 Å². The Bertz CT molecular complexity index is 538. The highest BCUT2D eigenvalue weighted by molar-refractivity contribution is 5.93. The maximum absolute atomic E-state index is 12.0. The second kappa shape index (κ2) is 3.83. The van der Waals surface area contributed by atoms with Crippen LogP contribution in [0.2, 0.25) is 0 Å². The number of nitrogens with one attached hydrogen (secondary N) is 1. The van der Waals surface area contributed by atoms with Crippen LogP contribution in [0, 0.1) is 5.41 Å². The largest absolute Gasteiger partial charge is 0.465 e. The lowest BCUT2D eigenvalue weighted by Gasteiger charge is -2.18. The molecule has 0 saturated carbocycles. The zero-order valence-electron chi connectivity index (χ0n) is 10.3. The van der Waals surface area contributed by atoms with Gasteiger partial charge in [0.05, 0.1) is 18.1 Å². The van der Waals surface area contributed by atoms with Crippen LogP contribution in [0.1, 0.15) is 27.9 Å². The molecule has 3 rings (SSSR count). The Morgan fingerprint density at radius 1 is 1.39 bits per heavy atom. The third-order valence-corrected chi connectivity index (χ3v) is 4.09. The normalized spacial score (nSPS) is 25.1. The van der Waals surface area contributed by atoms with E-state index < -0.39 is 0 Å². The van der Waals surface area contributed by atoms with Gasteiger partial charge >= 0.3 is 5.97 Å². The summed E-state index contributed by atoms with van der Waals surface area (Å²) in [4.78, 5) is 23.7. The molecule has 1 fully saturated rings. The molecule has 0 aromatic heterocycles. The number of carbonyl (C=O) groups excluding carboxylic acids is 2. The maximum atomic E-state index is 12.0. The zero-order valence-corrected chi connectivity index (χ0v) is 10.3. The molecule has 2 aliphatic rings. The highest BCUT2D eigenvalue weighted by atomic mass is 16.5. The van der Waals surface area contributed by atoms with E-state index >= 15 is 0 Å². The summed E-state index contributed by atoms with van der Waals surface area (Å²) in [6, 6.07) is 5.63. The predicted molar refractivity (Wildman–Crippen MR) is 65.2 cm³/mol. The molecule has 1 aliphatic carbocycles. The van der Waals surface area contributed by atoms with Crippen LogP contribution in [0.25, 0.3) is 0 Å². The first-order chi connectivity index (χ1) is 8.66. The number of hydrogen-bond donors (Lipinski definition) is 1. The van der Waals surface area contributed by atoms with E-state index in [1.54, 1.807) is 6.07 Å². The summed E-state index contributed by atoms with van der Waals surface area (Å²) < 4.78 is 4.80. The summed E-state index contributed by atoms with van der Waals surface area (Å²) in [5.74, 6) is -0.197. The van der Waals surface area contributed by atoms with Crippen LogP contribution in [-0.2, 0) is 22.4 Å². The monoisotopic (exact) mass is 245 g/mol. The molecule has 1 heterocycles. The number of esters is 1. The van der Waals surface area contributed by atoms with Crippen molar-refractivity contribution in [1.82, 2.24) is 5.32 Å². The van der Waals surface area contributed by atoms with Gasteiger partial charge in [0.15, 0.2) is 0 Å². The highest BCUT2D eigenvalue weighted by Crippen LogP contribution is 2.43. The lowest BCUT2D eigenvalue weighted by atomic mass is 9.83. The number of methoxy groups -OCH3 is 1. The fraction of sp³-hybridized carbons (Fsp3) is 0.429. The molecule has 1 saturated heterocycles. The van der Waals surface area contributed by atoms with E-state index in [2.05, 4.69) is 5.32 Å². The third kappa shape index (κ3) is 1.45. The van der Waals surface area contributed by atoms with Gasteiger partial charge in [-0.25, -0.2) is 4.79 Å². The van der Waals surface area contributed by atoms with Crippen LogP contribution in [0.3, 0.4) is 0 Å². The van der Waals surface area contributed by atoms with Gasteiger partial charge in [-0.05, 0) is 36.5 Å². The van der Waals surface area contributed by atoms with Crippen molar-refractivity contribution in [3.63, 3.8) is 0 Å². The highest BCUT2D eigenvalue weighted by Gasteiger charge is 2.47. The molecule has 94 valence electrons. The Balaban J connectivity index is 2.03. The summed E-state index contributed by atoms with van der Waals surface area (Å²) >= 11 is 0. The van der Waals surface area contributed by atoms with Crippen LogP contribution in [-0.4, -0.2) is 25.5 Å². The van der Waals surface area contributed by atoms with E-state index in [1.807, 2.05) is 12.1 Å². The summed E-state index contributed by atoms with van der Waals surface area (Å²) in [5.41, 5.74) is 2.37. The molecule has 1 aliphatic heterocycles. The summed E-state index contributed by atoms with van der Waals surface area (Å²) in [6.45, 7) is 0.736. The van der Waals surface area contributed by atoms with Crippen LogP contribution in [0.4, 0.5) is 0 Å². The topological polar surface area (TPSA) is 55.4 Å². The maximum Gasteiger partial charge on any atom is 0.338 e. The lowest BCUT2D eigenvalue weighted by Crippen LogP contribution is -2.31. The Labute approximate surface area is 105 Å². The minimum absolute atomic E-state index is 0.120. The van der Waals surface area contributed by atoms with Crippen molar-refractivity contribution in [1.29, 1.82) is 0 Å². The van der Waals surface area contributed by atoms with Gasteiger partial charge in [0, 0.05) is 6.54 Å².